The van der Waals surface area contributed by atoms with E-state index in [1.165, 1.54) is 24.4 Å². The number of aliphatic carboxylic acids is 1. The fraction of sp³-hybridized carbons (Fsp3) is 0.448. The van der Waals surface area contributed by atoms with E-state index in [0.717, 1.165) is 0 Å². The van der Waals surface area contributed by atoms with Gasteiger partial charge in [0.2, 0.25) is 0 Å². The molecule has 38 heavy (non-hydrogen) atoms. The highest BCUT2D eigenvalue weighted by Crippen LogP contribution is 2.43. The van der Waals surface area contributed by atoms with Gasteiger partial charge in [-0.1, -0.05) is 17.7 Å². The van der Waals surface area contributed by atoms with Crippen molar-refractivity contribution >= 4 is 28.5 Å². The molecule has 1 atom stereocenters. The van der Waals surface area contributed by atoms with Crippen LogP contribution in [-0.4, -0.2) is 52.8 Å². The van der Waals surface area contributed by atoms with Gasteiger partial charge < -0.3 is 19.8 Å². The summed E-state index contributed by atoms with van der Waals surface area (Å²) in [5.41, 5.74) is 0.916. The number of rotatable bonds is 11. The number of hydrogen-bond acceptors (Lipinski definition) is 5. The van der Waals surface area contributed by atoms with E-state index in [1.807, 2.05) is 6.07 Å². The first-order valence-corrected chi connectivity index (χ1v) is 13.3. The number of ether oxygens (including phenoxy) is 1. The van der Waals surface area contributed by atoms with Gasteiger partial charge in [0.25, 0.3) is 0 Å². The molecule has 6 nitrogen and oxygen atoms in total. The van der Waals surface area contributed by atoms with Crippen LogP contribution in [0, 0.1) is 17.0 Å². The number of halogens is 3. The number of hydrogen-bond donors (Lipinski definition) is 2. The summed E-state index contributed by atoms with van der Waals surface area (Å²) in [6.45, 7) is 2.07. The summed E-state index contributed by atoms with van der Waals surface area (Å²) in [5, 5.41) is 21.9. The molecule has 0 radical (unpaired) electrons. The lowest BCUT2D eigenvalue weighted by molar-refractivity contribution is -0.141. The van der Waals surface area contributed by atoms with Crippen LogP contribution in [0.25, 0.3) is 10.9 Å². The van der Waals surface area contributed by atoms with Gasteiger partial charge in [0, 0.05) is 22.7 Å². The molecule has 1 aliphatic heterocycles. The second-order valence-electron chi connectivity index (χ2n) is 10.2. The highest BCUT2D eigenvalue weighted by Gasteiger charge is 2.37. The number of aromatic nitrogens is 1. The SMILES string of the molecule is COc1ccc2ncc(Cl)c([C@@H](O)CCC3(CC(=O)O)CCN(CCCc4c(F)cccc4F)CC3)c2c1. The molecular formula is C29H33ClF2N2O4. The number of piperidine rings is 1. The van der Waals surface area contributed by atoms with E-state index in [9.17, 15) is 23.8 Å². The molecule has 2 aromatic carbocycles. The van der Waals surface area contributed by atoms with Crippen molar-refractivity contribution in [3.63, 3.8) is 0 Å². The van der Waals surface area contributed by atoms with Crippen molar-refractivity contribution in [3.05, 3.63) is 70.4 Å². The molecule has 0 aliphatic carbocycles. The topological polar surface area (TPSA) is 82.9 Å². The number of aliphatic hydroxyl groups excluding tert-OH is 1. The van der Waals surface area contributed by atoms with Gasteiger partial charge in [-0.25, -0.2) is 8.78 Å². The van der Waals surface area contributed by atoms with E-state index in [2.05, 4.69) is 9.88 Å². The Morgan fingerprint density at radius 1 is 1.21 bits per heavy atom. The number of carboxylic acids is 1. The van der Waals surface area contributed by atoms with Crippen LogP contribution >= 0.6 is 11.6 Å². The third-order valence-corrected chi connectivity index (χ3v) is 8.06. The number of nitrogens with zero attached hydrogens (tertiary/aromatic N) is 2. The molecule has 0 bridgehead atoms. The van der Waals surface area contributed by atoms with E-state index < -0.39 is 29.1 Å². The molecule has 0 spiro atoms. The minimum atomic E-state index is -0.889. The van der Waals surface area contributed by atoms with Gasteiger partial charge in [0.15, 0.2) is 0 Å². The predicted molar refractivity (Wildman–Crippen MR) is 143 cm³/mol. The summed E-state index contributed by atoms with van der Waals surface area (Å²) in [6, 6.07) is 9.30. The molecule has 4 rings (SSSR count). The van der Waals surface area contributed by atoms with E-state index in [1.54, 1.807) is 19.2 Å². The van der Waals surface area contributed by atoms with Crippen molar-refractivity contribution in [3.8, 4) is 5.75 Å². The van der Waals surface area contributed by atoms with Crippen LogP contribution in [0.4, 0.5) is 8.78 Å². The van der Waals surface area contributed by atoms with E-state index in [-0.39, 0.29) is 12.0 Å². The summed E-state index contributed by atoms with van der Waals surface area (Å²) in [6.07, 6.45) is 3.79. The number of carboxylic acid groups (broad SMARTS) is 1. The first-order valence-electron chi connectivity index (χ1n) is 12.9. The van der Waals surface area contributed by atoms with Gasteiger partial charge in [-0.05, 0) is 93.9 Å². The minimum absolute atomic E-state index is 0.0205. The smallest absolute Gasteiger partial charge is 0.303 e. The zero-order chi connectivity index (χ0) is 27.3. The molecule has 204 valence electrons. The van der Waals surface area contributed by atoms with Crippen molar-refractivity contribution in [2.75, 3.05) is 26.7 Å². The zero-order valence-corrected chi connectivity index (χ0v) is 22.2. The third kappa shape index (κ3) is 6.60. The molecule has 1 aliphatic rings. The van der Waals surface area contributed by atoms with Crippen LogP contribution in [0.15, 0.2) is 42.6 Å². The van der Waals surface area contributed by atoms with Gasteiger partial charge >= 0.3 is 5.97 Å². The third-order valence-electron chi connectivity index (χ3n) is 7.76. The predicted octanol–water partition coefficient (Wildman–Crippen LogP) is 6.18. The molecule has 3 aromatic rings. The van der Waals surface area contributed by atoms with Gasteiger partial charge in [0.1, 0.15) is 17.4 Å². The van der Waals surface area contributed by atoms with Crippen molar-refractivity contribution in [1.29, 1.82) is 0 Å². The monoisotopic (exact) mass is 546 g/mol. The fourth-order valence-electron chi connectivity index (χ4n) is 5.56. The van der Waals surface area contributed by atoms with Crippen molar-refractivity contribution in [2.24, 2.45) is 5.41 Å². The lowest BCUT2D eigenvalue weighted by atomic mass is 9.71. The molecule has 1 aromatic heterocycles. The van der Waals surface area contributed by atoms with Crippen LogP contribution in [0.2, 0.25) is 5.02 Å². The van der Waals surface area contributed by atoms with Gasteiger partial charge in [0.05, 0.1) is 30.2 Å². The number of likely N-dealkylation sites (tertiary alicyclic amines) is 1. The summed E-state index contributed by atoms with van der Waals surface area (Å²) in [4.78, 5) is 18.3. The molecule has 1 fully saturated rings. The first kappa shape index (κ1) is 28.2. The van der Waals surface area contributed by atoms with Crippen LogP contribution in [0.5, 0.6) is 5.75 Å². The Kier molecular flexibility index (Phi) is 9.18. The molecule has 9 heteroatoms. The molecule has 2 N–H and O–H groups in total. The molecular weight excluding hydrogens is 514 g/mol. The van der Waals surface area contributed by atoms with E-state index in [0.29, 0.717) is 85.4 Å². The average Bonchev–Trinajstić information content (AvgIpc) is 2.89. The number of pyridine rings is 1. The van der Waals surface area contributed by atoms with Crippen molar-refractivity contribution in [1.82, 2.24) is 9.88 Å². The van der Waals surface area contributed by atoms with Crippen LogP contribution in [0.1, 0.15) is 55.8 Å². The Hall–Kier alpha value is -2.81. The molecule has 1 saturated heterocycles. The number of methoxy groups -OCH3 is 1. The summed E-state index contributed by atoms with van der Waals surface area (Å²) in [7, 11) is 1.56. The van der Waals surface area contributed by atoms with Crippen LogP contribution < -0.4 is 4.74 Å². The molecule has 0 unspecified atom stereocenters. The zero-order valence-electron chi connectivity index (χ0n) is 21.4. The Morgan fingerprint density at radius 2 is 1.92 bits per heavy atom. The number of benzene rings is 2. The maximum absolute atomic E-state index is 13.9. The number of carbonyl (C=O) groups is 1. The van der Waals surface area contributed by atoms with Crippen molar-refractivity contribution in [2.45, 2.75) is 51.0 Å². The standard InChI is InChI=1S/C29H33ClF2N2O4/c1-38-19-7-8-25-21(16-19)28(22(30)18-33-25)26(35)9-10-29(17-27(36)37)11-14-34(15-12-29)13-3-4-20-23(31)5-2-6-24(20)32/h2,5-8,16,18,26,35H,3-4,9-15,17H2,1H3,(H,36,37)/t26-/m0/s1. The van der Waals surface area contributed by atoms with Crippen molar-refractivity contribution < 1.29 is 28.5 Å². The number of fused-ring (bicyclic) bond motifs is 1. The largest absolute Gasteiger partial charge is 0.497 e. The lowest BCUT2D eigenvalue weighted by Crippen LogP contribution is -2.41. The second-order valence-corrected chi connectivity index (χ2v) is 10.6. The summed E-state index contributed by atoms with van der Waals surface area (Å²) in [5.74, 6) is -1.28. The lowest BCUT2D eigenvalue weighted by Gasteiger charge is -2.41. The Morgan fingerprint density at radius 3 is 2.58 bits per heavy atom. The van der Waals surface area contributed by atoms with Gasteiger partial charge in [-0.3, -0.25) is 9.78 Å². The second kappa shape index (κ2) is 12.4. The van der Waals surface area contributed by atoms with E-state index in [4.69, 9.17) is 16.3 Å². The Labute approximate surface area is 226 Å². The first-order chi connectivity index (χ1) is 18.2. The minimum Gasteiger partial charge on any atom is -0.497 e. The van der Waals surface area contributed by atoms with Gasteiger partial charge in [-0.15, -0.1) is 0 Å². The highest BCUT2D eigenvalue weighted by atomic mass is 35.5. The van der Waals surface area contributed by atoms with Gasteiger partial charge in [-0.2, -0.15) is 0 Å². The maximum atomic E-state index is 13.9. The molecule has 2 heterocycles. The molecule has 0 amide bonds. The Balaban J connectivity index is 1.39. The quantitative estimate of drug-likeness (QED) is 0.299. The Bertz CT molecular complexity index is 1260. The average molecular weight is 547 g/mol. The maximum Gasteiger partial charge on any atom is 0.303 e. The highest BCUT2D eigenvalue weighted by molar-refractivity contribution is 6.32. The van der Waals surface area contributed by atoms with E-state index >= 15 is 0 Å². The number of aliphatic hydroxyl groups is 1. The fourth-order valence-corrected chi connectivity index (χ4v) is 5.83. The van der Waals surface area contributed by atoms with Crippen LogP contribution in [0.3, 0.4) is 0 Å². The van der Waals surface area contributed by atoms with Crippen LogP contribution in [-0.2, 0) is 11.2 Å². The summed E-state index contributed by atoms with van der Waals surface area (Å²) < 4.78 is 33.2. The normalized spacial score (nSPS) is 16.4. The summed E-state index contributed by atoms with van der Waals surface area (Å²) >= 11 is 6.45. The molecule has 0 saturated carbocycles.